The zero-order valence-electron chi connectivity index (χ0n) is 19.5. The number of nitrogens with zero attached hydrogens (tertiary/aromatic N) is 3. The lowest BCUT2D eigenvalue weighted by atomic mass is 10.0. The first-order valence-corrected chi connectivity index (χ1v) is 11.7. The van der Waals surface area contributed by atoms with Crippen LogP contribution in [0.2, 0.25) is 0 Å². The van der Waals surface area contributed by atoms with Crippen LogP contribution in [-0.2, 0) is 32.5 Å². The van der Waals surface area contributed by atoms with Crippen LogP contribution in [0.3, 0.4) is 0 Å². The van der Waals surface area contributed by atoms with Gasteiger partial charge in [-0.25, -0.2) is 4.39 Å². The van der Waals surface area contributed by atoms with Gasteiger partial charge in [0, 0.05) is 37.3 Å². The first kappa shape index (κ1) is 22.9. The van der Waals surface area contributed by atoms with Crippen LogP contribution in [0.15, 0.2) is 84.9 Å². The monoisotopic (exact) mass is 441 g/mol. The summed E-state index contributed by atoms with van der Waals surface area (Å²) in [4.78, 5) is 2.48. The predicted molar refractivity (Wildman–Crippen MR) is 133 cm³/mol. The van der Waals surface area contributed by atoms with Gasteiger partial charge >= 0.3 is 0 Å². The molecule has 3 nitrogen and oxygen atoms in total. The Bertz CT molecular complexity index is 1090. The van der Waals surface area contributed by atoms with Gasteiger partial charge in [-0.15, -0.1) is 0 Å². The van der Waals surface area contributed by atoms with E-state index < -0.39 is 0 Å². The van der Waals surface area contributed by atoms with Crippen molar-refractivity contribution in [2.45, 2.75) is 46.3 Å². The average Bonchev–Trinajstić information content (AvgIpc) is 3.14. The van der Waals surface area contributed by atoms with Crippen LogP contribution in [0.5, 0.6) is 0 Å². The van der Waals surface area contributed by atoms with E-state index in [1.807, 2.05) is 12.1 Å². The van der Waals surface area contributed by atoms with Gasteiger partial charge in [-0.1, -0.05) is 79.7 Å². The van der Waals surface area contributed by atoms with Crippen molar-refractivity contribution in [3.8, 4) is 0 Å². The Morgan fingerprint density at radius 2 is 1.36 bits per heavy atom. The zero-order chi connectivity index (χ0) is 23.0. The molecule has 0 fully saturated rings. The van der Waals surface area contributed by atoms with Crippen LogP contribution in [0.25, 0.3) is 0 Å². The largest absolute Gasteiger partial charge is 0.293 e. The maximum atomic E-state index is 13.3. The fourth-order valence-electron chi connectivity index (χ4n) is 4.32. The Labute approximate surface area is 196 Å². The number of benzene rings is 3. The second-order valence-electron chi connectivity index (χ2n) is 8.57. The van der Waals surface area contributed by atoms with Crippen molar-refractivity contribution in [1.82, 2.24) is 14.7 Å². The number of aryl methyl sites for hydroxylation is 1. The molecule has 0 N–H and O–H groups in total. The second kappa shape index (κ2) is 11.1. The molecule has 0 aliphatic rings. The third-order valence-electron chi connectivity index (χ3n) is 6.17. The maximum absolute atomic E-state index is 13.3. The molecule has 0 atom stereocenters. The standard InChI is InChI=1S/C29H32FN3/c1-3-29-28(20-24-14-16-27(30)17-15-24)23(2)33(31-29)19-18-32(21-25-10-6-4-7-11-25)22-26-12-8-5-9-13-26/h4-17H,3,18-22H2,1-2H3. The van der Waals surface area contributed by atoms with Crippen molar-refractivity contribution in [3.05, 3.63) is 124 Å². The summed E-state index contributed by atoms with van der Waals surface area (Å²) in [7, 11) is 0. The molecule has 0 saturated heterocycles. The summed E-state index contributed by atoms with van der Waals surface area (Å²) < 4.78 is 15.5. The van der Waals surface area contributed by atoms with E-state index in [-0.39, 0.29) is 5.82 Å². The van der Waals surface area contributed by atoms with E-state index in [2.05, 4.69) is 84.1 Å². The van der Waals surface area contributed by atoms with Crippen molar-refractivity contribution in [2.75, 3.05) is 6.54 Å². The van der Waals surface area contributed by atoms with Crippen LogP contribution in [0.4, 0.5) is 4.39 Å². The summed E-state index contributed by atoms with van der Waals surface area (Å²) in [5, 5.41) is 4.94. The lowest BCUT2D eigenvalue weighted by Gasteiger charge is -2.23. The molecule has 4 heteroatoms. The number of aromatic nitrogens is 2. The molecule has 1 aromatic heterocycles. The topological polar surface area (TPSA) is 21.1 Å². The molecule has 0 amide bonds. The Morgan fingerprint density at radius 3 is 1.91 bits per heavy atom. The van der Waals surface area contributed by atoms with Gasteiger partial charge in [0.05, 0.1) is 12.2 Å². The fraction of sp³-hybridized carbons (Fsp3) is 0.276. The van der Waals surface area contributed by atoms with Crippen molar-refractivity contribution >= 4 is 0 Å². The van der Waals surface area contributed by atoms with Gasteiger partial charge in [0.2, 0.25) is 0 Å². The van der Waals surface area contributed by atoms with E-state index in [9.17, 15) is 4.39 Å². The number of rotatable bonds is 10. The summed E-state index contributed by atoms with van der Waals surface area (Å²) in [6, 6.07) is 28.1. The molecular weight excluding hydrogens is 409 g/mol. The maximum Gasteiger partial charge on any atom is 0.123 e. The lowest BCUT2D eigenvalue weighted by Crippen LogP contribution is -2.27. The second-order valence-corrected chi connectivity index (χ2v) is 8.57. The fourth-order valence-corrected chi connectivity index (χ4v) is 4.32. The van der Waals surface area contributed by atoms with E-state index in [1.165, 1.54) is 34.5 Å². The first-order chi connectivity index (χ1) is 16.1. The van der Waals surface area contributed by atoms with E-state index in [0.717, 1.165) is 50.3 Å². The zero-order valence-corrected chi connectivity index (χ0v) is 19.5. The number of hydrogen-bond acceptors (Lipinski definition) is 2. The van der Waals surface area contributed by atoms with Crippen molar-refractivity contribution in [3.63, 3.8) is 0 Å². The Hall–Kier alpha value is -3.24. The average molecular weight is 442 g/mol. The van der Waals surface area contributed by atoms with E-state index in [0.29, 0.717) is 0 Å². The van der Waals surface area contributed by atoms with Crippen molar-refractivity contribution in [1.29, 1.82) is 0 Å². The minimum atomic E-state index is -0.196. The highest BCUT2D eigenvalue weighted by molar-refractivity contribution is 5.32. The van der Waals surface area contributed by atoms with E-state index in [1.54, 1.807) is 0 Å². The molecule has 170 valence electrons. The van der Waals surface area contributed by atoms with Crippen LogP contribution >= 0.6 is 0 Å². The molecular formula is C29H32FN3. The van der Waals surface area contributed by atoms with Gasteiger partial charge in [-0.3, -0.25) is 9.58 Å². The van der Waals surface area contributed by atoms with Gasteiger partial charge in [-0.05, 0) is 42.2 Å². The van der Waals surface area contributed by atoms with E-state index in [4.69, 9.17) is 5.10 Å². The number of hydrogen-bond donors (Lipinski definition) is 0. The summed E-state index contributed by atoms with van der Waals surface area (Å²) in [5.74, 6) is -0.196. The highest BCUT2D eigenvalue weighted by atomic mass is 19.1. The molecule has 0 aliphatic carbocycles. The number of halogens is 1. The molecule has 0 unspecified atom stereocenters. The van der Waals surface area contributed by atoms with Gasteiger partial charge in [-0.2, -0.15) is 5.10 Å². The lowest BCUT2D eigenvalue weighted by molar-refractivity contribution is 0.241. The third-order valence-corrected chi connectivity index (χ3v) is 6.17. The SMILES string of the molecule is CCc1nn(CCN(Cc2ccccc2)Cc2ccccc2)c(C)c1Cc1ccc(F)cc1. The Kier molecular flexibility index (Phi) is 7.69. The van der Waals surface area contributed by atoms with Gasteiger partial charge in [0.15, 0.2) is 0 Å². The molecule has 4 aromatic rings. The minimum absolute atomic E-state index is 0.196. The molecule has 33 heavy (non-hydrogen) atoms. The summed E-state index contributed by atoms with van der Waals surface area (Å²) >= 11 is 0. The van der Waals surface area contributed by atoms with E-state index >= 15 is 0 Å². The smallest absolute Gasteiger partial charge is 0.123 e. The molecule has 0 radical (unpaired) electrons. The third kappa shape index (κ3) is 6.17. The molecule has 0 saturated carbocycles. The highest BCUT2D eigenvalue weighted by Gasteiger charge is 2.15. The van der Waals surface area contributed by atoms with Crippen LogP contribution in [0, 0.1) is 12.7 Å². The molecule has 0 bridgehead atoms. The summed E-state index contributed by atoms with van der Waals surface area (Å²) in [6.07, 6.45) is 1.68. The van der Waals surface area contributed by atoms with Crippen LogP contribution in [0.1, 0.15) is 40.6 Å². The van der Waals surface area contributed by atoms with Crippen LogP contribution in [-0.4, -0.2) is 21.2 Å². The normalized spacial score (nSPS) is 11.3. The minimum Gasteiger partial charge on any atom is -0.293 e. The van der Waals surface area contributed by atoms with Crippen LogP contribution < -0.4 is 0 Å². The quantitative estimate of drug-likeness (QED) is 0.293. The van der Waals surface area contributed by atoms with Gasteiger partial charge in [0.25, 0.3) is 0 Å². The summed E-state index contributed by atoms with van der Waals surface area (Å²) in [5.41, 5.74) is 7.35. The summed E-state index contributed by atoms with van der Waals surface area (Å²) in [6.45, 7) is 7.85. The first-order valence-electron chi connectivity index (χ1n) is 11.7. The molecule has 3 aromatic carbocycles. The molecule has 0 aliphatic heterocycles. The Morgan fingerprint density at radius 1 is 0.788 bits per heavy atom. The molecule has 4 rings (SSSR count). The van der Waals surface area contributed by atoms with Gasteiger partial charge < -0.3 is 0 Å². The van der Waals surface area contributed by atoms with Crippen molar-refractivity contribution in [2.24, 2.45) is 0 Å². The van der Waals surface area contributed by atoms with Gasteiger partial charge in [0.1, 0.15) is 5.82 Å². The molecule has 1 heterocycles. The predicted octanol–water partition coefficient (Wildman–Crippen LogP) is 6.19. The Balaban J connectivity index is 1.50. The molecule has 0 spiro atoms. The van der Waals surface area contributed by atoms with Crippen molar-refractivity contribution < 1.29 is 4.39 Å². The highest BCUT2D eigenvalue weighted by Crippen LogP contribution is 2.20.